The second-order valence-electron chi connectivity index (χ2n) is 5.07. The normalized spacial score (nSPS) is 10.7. The van der Waals surface area contributed by atoms with Crippen molar-refractivity contribution in [3.63, 3.8) is 0 Å². The number of thioether (sulfide) groups is 1. The fraction of sp³-hybridized carbons (Fsp3) is 0.176. The minimum Gasteiger partial charge on any atom is -0.490 e. The van der Waals surface area contributed by atoms with Gasteiger partial charge in [0.25, 0.3) is 0 Å². The van der Waals surface area contributed by atoms with Crippen molar-refractivity contribution in [1.82, 2.24) is 5.43 Å². The first-order valence-electron chi connectivity index (χ1n) is 7.46. The summed E-state index contributed by atoms with van der Waals surface area (Å²) in [5.74, 6) is 0.867. The van der Waals surface area contributed by atoms with E-state index in [4.69, 9.17) is 4.74 Å². The van der Waals surface area contributed by atoms with Crippen LogP contribution in [0.2, 0.25) is 0 Å². The average Bonchev–Trinajstić information content (AvgIpc) is 2.63. The molecule has 1 N–H and O–H groups in total. The van der Waals surface area contributed by atoms with Gasteiger partial charge in [0.15, 0.2) is 5.75 Å². The minimum absolute atomic E-state index is 0.160. The number of hydrogen-bond donors (Lipinski definition) is 1. The number of benzene rings is 2. The van der Waals surface area contributed by atoms with Crippen molar-refractivity contribution in [2.75, 3.05) is 12.9 Å². The van der Waals surface area contributed by atoms with Gasteiger partial charge in [-0.1, -0.05) is 34.1 Å². The van der Waals surface area contributed by atoms with Gasteiger partial charge in [0.05, 0.1) is 24.0 Å². The molecule has 0 fully saturated rings. The molecule has 1 amide bonds. The average molecular weight is 438 g/mol. The minimum atomic E-state index is -0.535. The number of carbonyl (C=O) groups excluding carboxylic acids is 1. The molecule has 0 aliphatic carbocycles. The van der Waals surface area contributed by atoms with Crippen LogP contribution in [-0.2, 0) is 10.5 Å². The summed E-state index contributed by atoms with van der Waals surface area (Å²) in [5.41, 5.74) is 3.84. The Morgan fingerprint density at radius 3 is 2.85 bits per heavy atom. The van der Waals surface area contributed by atoms with Crippen molar-refractivity contribution in [1.29, 1.82) is 0 Å². The molecule has 26 heavy (non-hydrogen) atoms. The molecule has 0 atom stereocenters. The lowest BCUT2D eigenvalue weighted by Gasteiger charge is -2.04. The van der Waals surface area contributed by atoms with E-state index in [1.807, 2.05) is 24.3 Å². The van der Waals surface area contributed by atoms with Gasteiger partial charge in [-0.2, -0.15) is 5.10 Å². The predicted molar refractivity (Wildman–Crippen MR) is 106 cm³/mol. The number of hydrazone groups is 1. The predicted octanol–water partition coefficient (Wildman–Crippen LogP) is 3.75. The van der Waals surface area contributed by atoms with Crippen LogP contribution in [0.4, 0.5) is 5.69 Å². The summed E-state index contributed by atoms with van der Waals surface area (Å²) < 4.78 is 5.94. The molecule has 9 heteroatoms. The zero-order chi connectivity index (χ0) is 18.9. The van der Waals surface area contributed by atoms with Gasteiger partial charge in [0.1, 0.15) is 0 Å². The molecular weight excluding hydrogens is 422 g/mol. The zero-order valence-electron chi connectivity index (χ0n) is 13.8. The Morgan fingerprint density at radius 2 is 2.15 bits per heavy atom. The second-order valence-corrected chi connectivity index (χ2v) is 6.91. The first-order valence-corrected chi connectivity index (χ1v) is 9.41. The molecule has 0 saturated heterocycles. The smallest absolute Gasteiger partial charge is 0.311 e. The van der Waals surface area contributed by atoms with Crippen LogP contribution >= 0.6 is 27.7 Å². The number of ether oxygens (including phenoxy) is 1. The van der Waals surface area contributed by atoms with Crippen LogP contribution in [0, 0.1) is 10.1 Å². The molecule has 0 spiro atoms. The van der Waals surface area contributed by atoms with Crippen LogP contribution in [0.3, 0.4) is 0 Å². The van der Waals surface area contributed by atoms with Crippen molar-refractivity contribution in [3.8, 4) is 5.75 Å². The summed E-state index contributed by atoms with van der Waals surface area (Å²) in [4.78, 5) is 22.2. The summed E-state index contributed by atoms with van der Waals surface area (Å²) in [5, 5.41) is 14.8. The van der Waals surface area contributed by atoms with Crippen LogP contribution in [0.25, 0.3) is 0 Å². The molecule has 0 radical (unpaired) electrons. The Kier molecular flexibility index (Phi) is 7.61. The summed E-state index contributed by atoms with van der Waals surface area (Å²) in [6.45, 7) is 0. The second kappa shape index (κ2) is 9.93. The van der Waals surface area contributed by atoms with Crippen molar-refractivity contribution in [2.45, 2.75) is 5.75 Å². The van der Waals surface area contributed by atoms with Gasteiger partial charge in [-0.3, -0.25) is 14.9 Å². The first kappa shape index (κ1) is 19.9. The van der Waals surface area contributed by atoms with E-state index in [-0.39, 0.29) is 23.1 Å². The number of nitro groups is 1. The highest BCUT2D eigenvalue weighted by Crippen LogP contribution is 2.26. The highest BCUT2D eigenvalue weighted by atomic mass is 79.9. The third kappa shape index (κ3) is 5.85. The number of nitro benzene ring substituents is 1. The quantitative estimate of drug-likeness (QED) is 0.385. The highest BCUT2D eigenvalue weighted by molar-refractivity contribution is 9.10. The number of methoxy groups -OCH3 is 1. The van der Waals surface area contributed by atoms with E-state index in [2.05, 4.69) is 26.5 Å². The van der Waals surface area contributed by atoms with E-state index >= 15 is 0 Å². The van der Waals surface area contributed by atoms with Crippen LogP contribution < -0.4 is 10.2 Å². The third-order valence-corrected chi connectivity index (χ3v) is 5.01. The SMILES string of the molecule is COc1ccc(C=NNC(=O)CSCc2ccccc2Br)cc1[N+](=O)[O-]. The van der Waals surface area contributed by atoms with Crippen LogP contribution in [0.1, 0.15) is 11.1 Å². The van der Waals surface area contributed by atoms with E-state index in [1.54, 1.807) is 6.07 Å². The summed E-state index contributed by atoms with van der Waals surface area (Å²) in [6.07, 6.45) is 1.35. The lowest BCUT2D eigenvalue weighted by atomic mass is 10.2. The molecule has 0 bridgehead atoms. The standard InChI is InChI=1S/C17H16BrN3O4S/c1-25-16-7-6-12(8-15(16)21(23)24)9-19-20-17(22)11-26-10-13-4-2-3-5-14(13)18/h2-9H,10-11H2,1H3,(H,20,22). The van der Waals surface area contributed by atoms with Crippen molar-refractivity contribution >= 4 is 45.5 Å². The maximum Gasteiger partial charge on any atom is 0.311 e. The van der Waals surface area contributed by atoms with Crippen LogP contribution in [0.5, 0.6) is 5.75 Å². The summed E-state index contributed by atoms with van der Waals surface area (Å²) in [7, 11) is 1.36. The Bertz CT molecular complexity index is 829. The third-order valence-electron chi connectivity index (χ3n) is 3.25. The Hall–Kier alpha value is -2.39. The van der Waals surface area contributed by atoms with E-state index in [1.165, 1.54) is 37.2 Å². The van der Waals surface area contributed by atoms with Gasteiger partial charge in [-0.25, -0.2) is 5.43 Å². The number of carbonyl (C=O) groups is 1. The van der Waals surface area contributed by atoms with Gasteiger partial charge in [-0.15, -0.1) is 11.8 Å². The number of hydrogen-bond acceptors (Lipinski definition) is 6. The molecular formula is C17H16BrN3O4S. The molecule has 0 aliphatic heterocycles. The first-order chi connectivity index (χ1) is 12.5. The molecule has 0 aliphatic rings. The number of amides is 1. The van der Waals surface area contributed by atoms with E-state index < -0.39 is 4.92 Å². The van der Waals surface area contributed by atoms with Crippen LogP contribution in [-0.4, -0.2) is 29.9 Å². The monoisotopic (exact) mass is 437 g/mol. The van der Waals surface area contributed by atoms with Crippen molar-refractivity contribution in [3.05, 3.63) is 68.2 Å². The molecule has 2 rings (SSSR count). The topological polar surface area (TPSA) is 93.8 Å². The van der Waals surface area contributed by atoms with Crippen molar-refractivity contribution < 1.29 is 14.5 Å². The summed E-state index contributed by atoms with van der Waals surface area (Å²) in [6, 6.07) is 12.2. The Labute approximate surface area is 163 Å². The molecule has 2 aromatic rings. The van der Waals surface area contributed by atoms with Gasteiger partial charge >= 0.3 is 5.69 Å². The number of nitrogens with zero attached hydrogens (tertiary/aromatic N) is 2. The van der Waals surface area contributed by atoms with E-state index in [0.29, 0.717) is 11.3 Å². The molecule has 7 nitrogen and oxygen atoms in total. The molecule has 0 unspecified atom stereocenters. The molecule has 0 heterocycles. The van der Waals surface area contributed by atoms with Gasteiger partial charge in [-0.05, 0) is 23.8 Å². The fourth-order valence-corrected chi connectivity index (χ4v) is 3.44. The van der Waals surface area contributed by atoms with Crippen molar-refractivity contribution in [2.24, 2.45) is 5.10 Å². The molecule has 136 valence electrons. The lowest BCUT2D eigenvalue weighted by molar-refractivity contribution is -0.385. The molecule has 2 aromatic carbocycles. The molecule has 0 aromatic heterocycles. The van der Waals surface area contributed by atoms with Crippen LogP contribution in [0.15, 0.2) is 52.0 Å². The fourth-order valence-electron chi connectivity index (χ4n) is 2.01. The largest absolute Gasteiger partial charge is 0.490 e. The van der Waals surface area contributed by atoms with Gasteiger partial charge < -0.3 is 4.74 Å². The Balaban J connectivity index is 1.84. The summed E-state index contributed by atoms with van der Waals surface area (Å²) >= 11 is 4.93. The maximum atomic E-state index is 11.8. The van der Waals surface area contributed by atoms with Gasteiger partial charge in [0.2, 0.25) is 5.91 Å². The number of nitrogens with one attached hydrogen (secondary N) is 1. The zero-order valence-corrected chi connectivity index (χ0v) is 16.2. The number of rotatable bonds is 8. The van der Waals surface area contributed by atoms with E-state index in [0.717, 1.165) is 10.0 Å². The van der Waals surface area contributed by atoms with Gasteiger partial charge in [0, 0.05) is 21.9 Å². The molecule has 0 saturated carbocycles. The Morgan fingerprint density at radius 1 is 1.38 bits per heavy atom. The lowest BCUT2D eigenvalue weighted by Crippen LogP contribution is -2.19. The maximum absolute atomic E-state index is 11.8. The van der Waals surface area contributed by atoms with E-state index in [9.17, 15) is 14.9 Å². The highest BCUT2D eigenvalue weighted by Gasteiger charge is 2.14. The number of halogens is 1.